The Morgan fingerprint density at radius 1 is 1.05 bits per heavy atom. The van der Waals surface area contributed by atoms with E-state index in [1.807, 2.05) is 30.5 Å². The van der Waals surface area contributed by atoms with E-state index in [2.05, 4.69) is 9.71 Å². The van der Waals surface area contributed by atoms with Crippen LogP contribution in [-0.2, 0) is 16.4 Å². The molecule has 0 spiro atoms. The van der Waals surface area contributed by atoms with Crippen molar-refractivity contribution in [2.75, 3.05) is 6.54 Å². The molecule has 3 aromatic rings. The Bertz CT molecular complexity index is 886. The minimum atomic E-state index is -3.60. The highest BCUT2D eigenvalue weighted by molar-refractivity contribution is 7.89. The number of sulfonamides is 1. The lowest BCUT2D eigenvalue weighted by Gasteiger charge is -2.07. The molecule has 2 N–H and O–H groups in total. The van der Waals surface area contributed by atoms with Gasteiger partial charge in [-0.25, -0.2) is 17.5 Å². The van der Waals surface area contributed by atoms with E-state index in [1.165, 1.54) is 12.1 Å². The molecule has 0 aliphatic rings. The van der Waals surface area contributed by atoms with Crippen molar-refractivity contribution < 1.29 is 12.8 Å². The van der Waals surface area contributed by atoms with Crippen LogP contribution in [0.25, 0.3) is 10.9 Å². The number of halogens is 1. The number of aromatic amines is 1. The fraction of sp³-hybridized carbons (Fsp3) is 0.125. The zero-order valence-electron chi connectivity index (χ0n) is 11.7. The molecular formula is C16H15FN2O2S. The highest BCUT2D eigenvalue weighted by atomic mass is 32.2. The maximum absolute atomic E-state index is 12.8. The summed E-state index contributed by atoms with van der Waals surface area (Å²) in [7, 11) is -3.60. The van der Waals surface area contributed by atoms with E-state index in [9.17, 15) is 12.8 Å². The minimum Gasteiger partial charge on any atom is -0.361 e. The first-order chi connectivity index (χ1) is 10.5. The maximum atomic E-state index is 12.8. The molecule has 4 nitrogen and oxygen atoms in total. The maximum Gasteiger partial charge on any atom is 0.240 e. The highest BCUT2D eigenvalue weighted by Crippen LogP contribution is 2.15. The van der Waals surface area contributed by atoms with Crippen LogP contribution >= 0.6 is 0 Å². The van der Waals surface area contributed by atoms with E-state index in [4.69, 9.17) is 0 Å². The van der Waals surface area contributed by atoms with E-state index < -0.39 is 15.8 Å². The summed E-state index contributed by atoms with van der Waals surface area (Å²) >= 11 is 0. The van der Waals surface area contributed by atoms with Gasteiger partial charge in [0.1, 0.15) is 5.82 Å². The van der Waals surface area contributed by atoms with E-state index in [0.29, 0.717) is 6.42 Å². The molecule has 0 fully saturated rings. The molecule has 0 saturated heterocycles. The molecule has 0 aliphatic heterocycles. The first-order valence-electron chi connectivity index (χ1n) is 6.86. The molecule has 22 heavy (non-hydrogen) atoms. The molecule has 0 aliphatic carbocycles. The van der Waals surface area contributed by atoms with E-state index in [0.717, 1.165) is 28.6 Å². The molecule has 0 bridgehead atoms. The number of hydrogen-bond donors (Lipinski definition) is 2. The quantitative estimate of drug-likeness (QED) is 0.760. The molecule has 1 aromatic heterocycles. The summed E-state index contributed by atoms with van der Waals surface area (Å²) in [4.78, 5) is 3.18. The molecule has 6 heteroatoms. The number of hydrogen-bond acceptors (Lipinski definition) is 2. The molecule has 0 radical (unpaired) electrons. The van der Waals surface area contributed by atoms with Crippen molar-refractivity contribution in [2.45, 2.75) is 11.3 Å². The third kappa shape index (κ3) is 3.18. The molecule has 3 rings (SSSR count). The van der Waals surface area contributed by atoms with Crippen molar-refractivity contribution in [1.82, 2.24) is 9.71 Å². The van der Waals surface area contributed by atoms with E-state index in [1.54, 1.807) is 0 Å². The molecule has 1 heterocycles. The second-order valence-electron chi connectivity index (χ2n) is 5.00. The van der Waals surface area contributed by atoms with Crippen molar-refractivity contribution in [1.29, 1.82) is 0 Å². The SMILES string of the molecule is O=S(=O)(NCCc1ccc2[nH]ccc2c1)c1ccc(F)cc1. The number of fused-ring (bicyclic) bond motifs is 1. The van der Waals surface area contributed by atoms with Crippen LogP contribution in [0.15, 0.2) is 59.6 Å². The number of benzene rings is 2. The van der Waals surface area contributed by atoms with Gasteiger partial charge in [-0.3, -0.25) is 0 Å². The topological polar surface area (TPSA) is 62.0 Å². The lowest BCUT2D eigenvalue weighted by Crippen LogP contribution is -2.26. The molecule has 114 valence electrons. The van der Waals surface area contributed by atoms with Gasteiger partial charge in [0.05, 0.1) is 4.90 Å². The third-order valence-electron chi connectivity index (χ3n) is 3.45. The monoisotopic (exact) mass is 318 g/mol. The van der Waals surface area contributed by atoms with Crippen molar-refractivity contribution >= 4 is 20.9 Å². The summed E-state index contributed by atoms with van der Waals surface area (Å²) in [6.45, 7) is 0.287. The summed E-state index contributed by atoms with van der Waals surface area (Å²) in [5.41, 5.74) is 2.10. The largest absolute Gasteiger partial charge is 0.361 e. The average molecular weight is 318 g/mol. The summed E-state index contributed by atoms with van der Waals surface area (Å²) in [5, 5.41) is 1.10. The average Bonchev–Trinajstić information content (AvgIpc) is 2.95. The van der Waals surface area contributed by atoms with Gasteiger partial charge in [-0.05, 0) is 59.8 Å². The number of nitrogens with one attached hydrogen (secondary N) is 2. The third-order valence-corrected chi connectivity index (χ3v) is 4.92. The predicted molar refractivity (Wildman–Crippen MR) is 83.6 cm³/mol. The van der Waals surface area contributed by atoms with Crippen LogP contribution in [0.5, 0.6) is 0 Å². The van der Waals surface area contributed by atoms with Crippen LogP contribution in [0.4, 0.5) is 4.39 Å². The number of H-pyrrole nitrogens is 1. The Morgan fingerprint density at radius 3 is 2.59 bits per heavy atom. The van der Waals surface area contributed by atoms with Crippen LogP contribution in [0.3, 0.4) is 0 Å². The zero-order chi connectivity index (χ0) is 15.6. The minimum absolute atomic E-state index is 0.0648. The Kier molecular flexibility index (Phi) is 3.96. The van der Waals surface area contributed by atoms with Crippen LogP contribution in [0.1, 0.15) is 5.56 Å². The van der Waals surface area contributed by atoms with Crippen molar-refractivity contribution in [3.05, 3.63) is 66.1 Å². The fourth-order valence-electron chi connectivity index (χ4n) is 2.29. The molecular weight excluding hydrogens is 303 g/mol. The van der Waals surface area contributed by atoms with Crippen LogP contribution in [-0.4, -0.2) is 19.9 Å². The molecule has 0 saturated carbocycles. The van der Waals surface area contributed by atoms with Gasteiger partial charge < -0.3 is 4.98 Å². The van der Waals surface area contributed by atoms with Crippen molar-refractivity contribution in [2.24, 2.45) is 0 Å². The van der Waals surface area contributed by atoms with Gasteiger partial charge >= 0.3 is 0 Å². The molecule has 2 aromatic carbocycles. The Morgan fingerprint density at radius 2 is 1.82 bits per heavy atom. The van der Waals surface area contributed by atoms with Gasteiger partial charge in [0.15, 0.2) is 0 Å². The second kappa shape index (κ2) is 5.90. The van der Waals surface area contributed by atoms with Gasteiger partial charge in [-0.1, -0.05) is 6.07 Å². The fourth-order valence-corrected chi connectivity index (χ4v) is 3.32. The van der Waals surface area contributed by atoms with Crippen molar-refractivity contribution in [3.63, 3.8) is 0 Å². The smallest absolute Gasteiger partial charge is 0.240 e. The second-order valence-corrected chi connectivity index (χ2v) is 6.77. The Labute approximate surface area is 128 Å². The van der Waals surface area contributed by atoms with Crippen LogP contribution in [0, 0.1) is 5.82 Å². The van der Waals surface area contributed by atoms with Crippen molar-refractivity contribution in [3.8, 4) is 0 Å². The van der Waals surface area contributed by atoms with E-state index in [-0.39, 0.29) is 11.4 Å². The molecule has 0 unspecified atom stereocenters. The first-order valence-corrected chi connectivity index (χ1v) is 8.34. The normalized spacial score (nSPS) is 11.9. The van der Waals surface area contributed by atoms with Crippen LogP contribution < -0.4 is 4.72 Å². The van der Waals surface area contributed by atoms with Gasteiger partial charge in [0.25, 0.3) is 0 Å². The highest BCUT2D eigenvalue weighted by Gasteiger charge is 2.13. The summed E-state index contributed by atoms with van der Waals surface area (Å²) in [6.07, 6.45) is 2.45. The van der Waals surface area contributed by atoms with Gasteiger partial charge in [-0.15, -0.1) is 0 Å². The zero-order valence-corrected chi connectivity index (χ0v) is 12.5. The first kappa shape index (κ1) is 14.7. The lowest BCUT2D eigenvalue weighted by molar-refractivity contribution is 0.580. The lowest BCUT2D eigenvalue weighted by atomic mass is 10.1. The Hall–Kier alpha value is -2.18. The molecule has 0 amide bonds. The number of rotatable bonds is 5. The van der Waals surface area contributed by atoms with Crippen LogP contribution in [0.2, 0.25) is 0 Å². The standard InChI is InChI=1S/C16H15FN2O2S/c17-14-2-4-15(5-3-14)22(20,21)19-10-7-12-1-6-16-13(11-12)8-9-18-16/h1-6,8-9,11,18-19H,7,10H2. The van der Waals surface area contributed by atoms with Gasteiger partial charge in [0, 0.05) is 18.3 Å². The summed E-state index contributed by atoms with van der Waals surface area (Å²) in [5.74, 6) is -0.459. The molecule has 0 atom stereocenters. The van der Waals surface area contributed by atoms with E-state index >= 15 is 0 Å². The van der Waals surface area contributed by atoms with Gasteiger partial charge in [0.2, 0.25) is 10.0 Å². The van der Waals surface area contributed by atoms with Gasteiger partial charge in [-0.2, -0.15) is 0 Å². The Balaban J connectivity index is 1.65. The number of aromatic nitrogens is 1. The predicted octanol–water partition coefficient (Wildman–Crippen LogP) is 2.83. The summed E-state index contributed by atoms with van der Waals surface area (Å²) in [6, 6.07) is 12.7. The summed E-state index contributed by atoms with van der Waals surface area (Å²) < 4.78 is 39.5.